The summed E-state index contributed by atoms with van der Waals surface area (Å²) in [6.45, 7) is 0.958. The van der Waals surface area contributed by atoms with E-state index in [1.165, 1.54) is 6.07 Å². The average Bonchev–Trinajstić information content (AvgIpc) is 2.70. The van der Waals surface area contributed by atoms with Crippen LogP contribution in [-0.4, -0.2) is 38.7 Å². The number of methoxy groups -OCH3 is 2. The van der Waals surface area contributed by atoms with E-state index in [2.05, 4.69) is 15.6 Å². The van der Waals surface area contributed by atoms with Gasteiger partial charge >= 0.3 is 0 Å². The molecule has 0 aromatic heterocycles. The molecule has 0 bridgehead atoms. The Balaban J connectivity index is 0.00000392. The lowest BCUT2D eigenvalue weighted by Crippen LogP contribution is -2.38. The first-order valence-electron chi connectivity index (χ1n) is 8.46. The molecule has 0 saturated heterocycles. The highest BCUT2D eigenvalue weighted by Crippen LogP contribution is 2.27. The predicted octanol–water partition coefficient (Wildman–Crippen LogP) is 3.14. The highest BCUT2D eigenvalue weighted by Gasteiger charge is 2.12. The van der Waals surface area contributed by atoms with Crippen molar-refractivity contribution >= 4 is 35.6 Å². The van der Waals surface area contributed by atoms with Gasteiger partial charge in [-0.3, -0.25) is 15.1 Å². The topological polar surface area (TPSA) is 98.0 Å². The summed E-state index contributed by atoms with van der Waals surface area (Å²) in [5.74, 6) is 1.96. The summed E-state index contributed by atoms with van der Waals surface area (Å²) >= 11 is 0. The monoisotopic (exact) mass is 500 g/mol. The Kier molecular flexibility index (Phi) is 10.1. The third-order valence-electron chi connectivity index (χ3n) is 4.01. The van der Waals surface area contributed by atoms with Crippen LogP contribution in [-0.2, 0) is 13.0 Å². The molecule has 2 aromatic carbocycles. The second kappa shape index (κ2) is 12.0. The molecule has 0 aliphatic carbocycles. The molecule has 0 aliphatic rings. The number of benzene rings is 2. The summed E-state index contributed by atoms with van der Waals surface area (Å²) in [5, 5.41) is 17.4. The highest BCUT2D eigenvalue weighted by molar-refractivity contribution is 14.0. The van der Waals surface area contributed by atoms with E-state index in [0.29, 0.717) is 36.1 Å². The van der Waals surface area contributed by atoms with E-state index in [1.54, 1.807) is 39.5 Å². The lowest BCUT2D eigenvalue weighted by atomic mass is 10.1. The molecule has 2 N–H and O–H groups in total. The summed E-state index contributed by atoms with van der Waals surface area (Å²) < 4.78 is 10.5. The van der Waals surface area contributed by atoms with E-state index in [9.17, 15) is 10.1 Å². The number of rotatable bonds is 8. The van der Waals surface area contributed by atoms with Gasteiger partial charge in [0.1, 0.15) is 0 Å². The Morgan fingerprint density at radius 3 is 2.46 bits per heavy atom. The molecule has 0 fully saturated rings. The van der Waals surface area contributed by atoms with Crippen LogP contribution in [0.5, 0.6) is 11.5 Å². The molecular formula is C19H25IN4O4. The summed E-state index contributed by atoms with van der Waals surface area (Å²) in [6.07, 6.45) is 0.756. The third kappa shape index (κ3) is 6.55. The van der Waals surface area contributed by atoms with Crippen LogP contribution in [0.15, 0.2) is 47.5 Å². The van der Waals surface area contributed by atoms with Crippen molar-refractivity contribution in [2.75, 3.05) is 27.8 Å². The lowest BCUT2D eigenvalue weighted by molar-refractivity contribution is -0.385. The number of hydrogen-bond acceptors (Lipinski definition) is 5. The van der Waals surface area contributed by atoms with Gasteiger partial charge in [-0.15, -0.1) is 24.0 Å². The number of nitro groups is 1. The molecule has 0 amide bonds. The zero-order valence-electron chi connectivity index (χ0n) is 16.1. The first-order valence-corrected chi connectivity index (χ1v) is 8.46. The van der Waals surface area contributed by atoms with Gasteiger partial charge in [0, 0.05) is 31.8 Å². The van der Waals surface area contributed by atoms with E-state index in [0.717, 1.165) is 12.0 Å². The number of guanidine groups is 1. The molecule has 152 valence electrons. The summed E-state index contributed by atoms with van der Waals surface area (Å²) in [7, 11) is 4.87. The molecule has 8 nitrogen and oxygen atoms in total. The van der Waals surface area contributed by atoms with E-state index in [4.69, 9.17) is 9.47 Å². The van der Waals surface area contributed by atoms with Gasteiger partial charge in [0.05, 0.1) is 19.1 Å². The molecule has 0 unspecified atom stereocenters. The number of nitrogens with one attached hydrogen (secondary N) is 2. The lowest BCUT2D eigenvalue weighted by Gasteiger charge is -2.13. The fourth-order valence-electron chi connectivity index (χ4n) is 2.60. The van der Waals surface area contributed by atoms with Gasteiger partial charge < -0.3 is 20.1 Å². The van der Waals surface area contributed by atoms with Crippen LogP contribution in [0, 0.1) is 10.1 Å². The SMILES string of the molecule is CN=C(NCCc1ccc(OC)c(OC)c1)NCc1ccccc1[N+](=O)[O-].I. The first kappa shape index (κ1) is 23.5. The van der Waals surface area contributed by atoms with Crippen LogP contribution in [0.1, 0.15) is 11.1 Å². The Morgan fingerprint density at radius 1 is 1.11 bits per heavy atom. The van der Waals surface area contributed by atoms with Crippen LogP contribution in [0.25, 0.3) is 0 Å². The zero-order valence-corrected chi connectivity index (χ0v) is 18.4. The predicted molar refractivity (Wildman–Crippen MR) is 120 cm³/mol. The molecule has 0 radical (unpaired) electrons. The number of hydrogen-bond donors (Lipinski definition) is 2. The molecule has 28 heavy (non-hydrogen) atoms. The Hall–Kier alpha value is -2.56. The van der Waals surface area contributed by atoms with Crippen LogP contribution in [0.3, 0.4) is 0 Å². The quantitative estimate of drug-likeness (QED) is 0.190. The fourth-order valence-corrected chi connectivity index (χ4v) is 2.60. The zero-order chi connectivity index (χ0) is 19.6. The molecule has 2 aromatic rings. The van der Waals surface area contributed by atoms with Gasteiger partial charge in [0.15, 0.2) is 17.5 Å². The maximum absolute atomic E-state index is 11.1. The summed E-state index contributed by atoms with van der Waals surface area (Å²) in [6, 6.07) is 12.4. The second-order valence-electron chi connectivity index (χ2n) is 5.68. The van der Waals surface area contributed by atoms with Gasteiger partial charge in [-0.1, -0.05) is 24.3 Å². The summed E-state index contributed by atoms with van der Waals surface area (Å²) in [5.41, 5.74) is 1.78. The van der Waals surface area contributed by atoms with Crippen molar-refractivity contribution in [3.05, 3.63) is 63.7 Å². The number of nitrogens with zero attached hydrogens (tertiary/aromatic N) is 2. The number of halogens is 1. The maximum Gasteiger partial charge on any atom is 0.274 e. The smallest absolute Gasteiger partial charge is 0.274 e. The minimum atomic E-state index is -0.385. The van der Waals surface area contributed by atoms with E-state index < -0.39 is 0 Å². The van der Waals surface area contributed by atoms with Crippen molar-refractivity contribution in [2.45, 2.75) is 13.0 Å². The van der Waals surface area contributed by atoms with E-state index >= 15 is 0 Å². The molecule has 0 spiro atoms. The molecule has 0 atom stereocenters. The van der Waals surface area contributed by atoms with Crippen molar-refractivity contribution < 1.29 is 14.4 Å². The standard InChI is InChI=1S/C19H24N4O4.HI/c1-20-19(22-13-15-6-4-5-7-16(15)23(24)25)21-11-10-14-8-9-17(26-2)18(12-14)27-3;/h4-9,12H,10-11,13H2,1-3H3,(H2,20,21,22);1H. The molecule has 9 heteroatoms. The van der Waals surface area contributed by atoms with E-state index in [1.807, 2.05) is 18.2 Å². The molecule has 2 rings (SSSR count). The Labute approximate surface area is 181 Å². The largest absolute Gasteiger partial charge is 0.493 e. The van der Waals surface area contributed by atoms with Crippen LogP contribution < -0.4 is 20.1 Å². The van der Waals surface area contributed by atoms with Crippen LogP contribution in [0.2, 0.25) is 0 Å². The molecular weight excluding hydrogens is 475 g/mol. The van der Waals surface area contributed by atoms with Crippen molar-refractivity contribution in [1.82, 2.24) is 10.6 Å². The van der Waals surface area contributed by atoms with Gasteiger partial charge in [-0.25, -0.2) is 0 Å². The third-order valence-corrected chi connectivity index (χ3v) is 4.01. The van der Waals surface area contributed by atoms with Crippen LogP contribution in [0.4, 0.5) is 5.69 Å². The number of ether oxygens (including phenoxy) is 2. The number of nitro benzene ring substituents is 1. The van der Waals surface area contributed by atoms with E-state index in [-0.39, 0.29) is 34.6 Å². The fraction of sp³-hybridized carbons (Fsp3) is 0.316. The Morgan fingerprint density at radius 2 is 1.82 bits per heavy atom. The van der Waals surface area contributed by atoms with Crippen LogP contribution >= 0.6 is 24.0 Å². The van der Waals surface area contributed by atoms with Gasteiger partial charge in [-0.2, -0.15) is 0 Å². The Bertz CT molecular complexity index is 814. The molecule has 0 heterocycles. The average molecular weight is 500 g/mol. The molecule has 0 aliphatic heterocycles. The minimum Gasteiger partial charge on any atom is -0.493 e. The van der Waals surface area contributed by atoms with Gasteiger partial charge in [0.25, 0.3) is 5.69 Å². The van der Waals surface area contributed by atoms with Crippen molar-refractivity contribution in [1.29, 1.82) is 0 Å². The number of para-hydroxylation sites is 1. The number of aliphatic imine (C=N–C) groups is 1. The van der Waals surface area contributed by atoms with Gasteiger partial charge in [-0.05, 0) is 24.1 Å². The normalized spacial score (nSPS) is 10.6. The van der Waals surface area contributed by atoms with Crippen molar-refractivity contribution in [3.63, 3.8) is 0 Å². The molecule has 0 saturated carbocycles. The summed E-state index contributed by atoms with van der Waals surface area (Å²) in [4.78, 5) is 14.8. The van der Waals surface area contributed by atoms with Crippen molar-refractivity contribution in [3.8, 4) is 11.5 Å². The van der Waals surface area contributed by atoms with Crippen molar-refractivity contribution in [2.24, 2.45) is 4.99 Å². The second-order valence-corrected chi connectivity index (χ2v) is 5.68. The first-order chi connectivity index (χ1) is 13.1. The highest BCUT2D eigenvalue weighted by atomic mass is 127. The van der Waals surface area contributed by atoms with Gasteiger partial charge in [0.2, 0.25) is 0 Å². The minimum absolute atomic E-state index is 0. The maximum atomic E-state index is 11.1.